The molecule has 0 unspecified atom stereocenters. The number of aromatic nitrogens is 2. The summed E-state index contributed by atoms with van der Waals surface area (Å²) >= 11 is 0. The highest BCUT2D eigenvalue weighted by molar-refractivity contribution is 5.26. The van der Waals surface area contributed by atoms with Gasteiger partial charge in [0.25, 0.3) is 0 Å². The summed E-state index contributed by atoms with van der Waals surface area (Å²) in [6.45, 7) is 6.25. The van der Waals surface area contributed by atoms with Gasteiger partial charge in [0.15, 0.2) is 0 Å². The molecule has 1 heterocycles. The fourth-order valence-corrected chi connectivity index (χ4v) is 2.69. The van der Waals surface area contributed by atoms with E-state index >= 15 is 0 Å². The Morgan fingerprint density at radius 3 is 2.65 bits per heavy atom. The second-order valence-electron chi connectivity index (χ2n) is 5.77. The van der Waals surface area contributed by atoms with Crippen LogP contribution in [-0.4, -0.2) is 22.4 Å². The molecule has 1 aromatic carbocycles. The minimum Gasteiger partial charge on any atom is -0.314 e. The molecule has 20 heavy (non-hydrogen) atoms. The maximum Gasteiger partial charge on any atom is 0.0662 e. The monoisotopic (exact) mass is 269 g/mol. The predicted octanol–water partition coefficient (Wildman–Crippen LogP) is 2.84. The second kappa shape index (κ2) is 5.80. The first-order valence-corrected chi connectivity index (χ1v) is 7.54. The lowest BCUT2D eigenvalue weighted by Crippen LogP contribution is -2.19. The number of hydrogen-bond acceptors (Lipinski definition) is 2. The molecule has 0 spiro atoms. The third-order valence-corrected chi connectivity index (χ3v) is 4.09. The Morgan fingerprint density at radius 1 is 1.20 bits per heavy atom. The SMILES string of the molecule is Cc1nn(Cc2ccccc2)c(C)c1CCNC1CC1. The van der Waals surface area contributed by atoms with Crippen LogP contribution in [0.15, 0.2) is 30.3 Å². The van der Waals surface area contributed by atoms with Crippen LogP contribution in [0.2, 0.25) is 0 Å². The van der Waals surface area contributed by atoms with Crippen molar-refractivity contribution in [2.24, 2.45) is 0 Å². The highest BCUT2D eigenvalue weighted by Gasteiger charge is 2.20. The first kappa shape index (κ1) is 13.4. The number of aryl methyl sites for hydroxylation is 1. The van der Waals surface area contributed by atoms with Crippen molar-refractivity contribution in [1.82, 2.24) is 15.1 Å². The van der Waals surface area contributed by atoms with Gasteiger partial charge in [-0.3, -0.25) is 4.68 Å². The van der Waals surface area contributed by atoms with Crippen molar-refractivity contribution in [2.75, 3.05) is 6.54 Å². The second-order valence-corrected chi connectivity index (χ2v) is 5.77. The van der Waals surface area contributed by atoms with Gasteiger partial charge in [0, 0.05) is 11.7 Å². The molecule has 106 valence electrons. The summed E-state index contributed by atoms with van der Waals surface area (Å²) in [5, 5.41) is 8.29. The molecule has 3 heteroatoms. The van der Waals surface area contributed by atoms with E-state index in [2.05, 4.69) is 54.2 Å². The first-order chi connectivity index (χ1) is 9.74. The standard InChI is InChI=1S/C17H23N3/c1-13-17(10-11-18-16-8-9-16)14(2)20(19-13)12-15-6-4-3-5-7-15/h3-7,16,18H,8-12H2,1-2H3. The molecular formula is C17H23N3. The fraction of sp³-hybridized carbons (Fsp3) is 0.471. The molecule has 0 radical (unpaired) electrons. The molecule has 1 aliphatic rings. The molecule has 3 rings (SSSR count). The molecule has 1 N–H and O–H groups in total. The van der Waals surface area contributed by atoms with Crippen molar-refractivity contribution < 1.29 is 0 Å². The molecule has 1 aromatic heterocycles. The lowest BCUT2D eigenvalue weighted by Gasteiger charge is -2.06. The molecule has 0 saturated heterocycles. The Balaban J connectivity index is 1.68. The first-order valence-electron chi connectivity index (χ1n) is 7.54. The smallest absolute Gasteiger partial charge is 0.0662 e. The Kier molecular flexibility index (Phi) is 3.88. The molecule has 0 bridgehead atoms. The summed E-state index contributed by atoms with van der Waals surface area (Å²) in [6, 6.07) is 11.3. The van der Waals surface area contributed by atoms with Crippen molar-refractivity contribution >= 4 is 0 Å². The van der Waals surface area contributed by atoms with Gasteiger partial charge in [-0.15, -0.1) is 0 Å². The zero-order valence-electron chi connectivity index (χ0n) is 12.4. The summed E-state index contributed by atoms with van der Waals surface area (Å²) in [4.78, 5) is 0. The van der Waals surface area contributed by atoms with E-state index in [1.54, 1.807) is 0 Å². The number of rotatable bonds is 6. The lowest BCUT2D eigenvalue weighted by molar-refractivity contribution is 0.654. The van der Waals surface area contributed by atoms with E-state index in [1.165, 1.54) is 35.4 Å². The van der Waals surface area contributed by atoms with Crippen LogP contribution < -0.4 is 5.32 Å². The van der Waals surface area contributed by atoms with Crippen LogP contribution in [0.4, 0.5) is 0 Å². The van der Waals surface area contributed by atoms with Crippen LogP contribution in [0.5, 0.6) is 0 Å². The van der Waals surface area contributed by atoms with Gasteiger partial charge in [-0.05, 0) is 50.8 Å². The van der Waals surface area contributed by atoms with E-state index in [0.29, 0.717) is 0 Å². The minimum absolute atomic E-state index is 0.787. The quantitative estimate of drug-likeness (QED) is 0.874. The Hall–Kier alpha value is -1.61. The van der Waals surface area contributed by atoms with Crippen LogP contribution in [0.1, 0.15) is 35.4 Å². The normalized spacial score (nSPS) is 14.7. The van der Waals surface area contributed by atoms with E-state index in [0.717, 1.165) is 25.6 Å². The summed E-state index contributed by atoms with van der Waals surface area (Å²) < 4.78 is 2.14. The maximum absolute atomic E-state index is 4.71. The summed E-state index contributed by atoms with van der Waals surface area (Å²) in [7, 11) is 0. The van der Waals surface area contributed by atoms with Gasteiger partial charge in [0.05, 0.1) is 12.2 Å². The number of benzene rings is 1. The average Bonchev–Trinajstić information content (AvgIpc) is 3.23. The molecule has 0 atom stereocenters. The highest BCUT2D eigenvalue weighted by atomic mass is 15.3. The molecule has 0 aliphatic heterocycles. The molecule has 1 saturated carbocycles. The van der Waals surface area contributed by atoms with Gasteiger partial charge in [0.1, 0.15) is 0 Å². The van der Waals surface area contributed by atoms with Crippen molar-refractivity contribution in [3.05, 3.63) is 52.8 Å². The van der Waals surface area contributed by atoms with E-state index in [1.807, 2.05) is 0 Å². The van der Waals surface area contributed by atoms with Crippen molar-refractivity contribution in [2.45, 2.75) is 45.7 Å². The van der Waals surface area contributed by atoms with Crippen LogP contribution in [0.3, 0.4) is 0 Å². The molecule has 1 aliphatic carbocycles. The van der Waals surface area contributed by atoms with E-state index in [9.17, 15) is 0 Å². The van der Waals surface area contributed by atoms with E-state index in [4.69, 9.17) is 5.10 Å². The van der Waals surface area contributed by atoms with Gasteiger partial charge >= 0.3 is 0 Å². The Labute approximate surface area is 121 Å². The minimum atomic E-state index is 0.787. The zero-order chi connectivity index (χ0) is 13.9. The Morgan fingerprint density at radius 2 is 1.95 bits per heavy atom. The van der Waals surface area contributed by atoms with Crippen LogP contribution in [-0.2, 0) is 13.0 Å². The van der Waals surface area contributed by atoms with Crippen molar-refractivity contribution in [3.8, 4) is 0 Å². The van der Waals surface area contributed by atoms with Gasteiger partial charge in [-0.2, -0.15) is 5.10 Å². The highest BCUT2D eigenvalue weighted by Crippen LogP contribution is 2.19. The van der Waals surface area contributed by atoms with Crippen LogP contribution in [0, 0.1) is 13.8 Å². The van der Waals surface area contributed by atoms with Gasteiger partial charge in [0.2, 0.25) is 0 Å². The van der Waals surface area contributed by atoms with Gasteiger partial charge < -0.3 is 5.32 Å². The molecule has 1 fully saturated rings. The predicted molar refractivity (Wildman–Crippen MR) is 82.0 cm³/mol. The van der Waals surface area contributed by atoms with Gasteiger partial charge in [-0.1, -0.05) is 30.3 Å². The van der Waals surface area contributed by atoms with Crippen molar-refractivity contribution in [3.63, 3.8) is 0 Å². The maximum atomic E-state index is 4.71. The third kappa shape index (κ3) is 3.10. The molecule has 2 aromatic rings. The molecular weight excluding hydrogens is 246 g/mol. The van der Waals surface area contributed by atoms with E-state index < -0.39 is 0 Å². The third-order valence-electron chi connectivity index (χ3n) is 4.09. The number of nitrogens with zero attached hydrogens (tertiary/aromatic N) is 2. The van der Waals surface area contributed by atoms with Crippen molar-refractivity contribution in [1.29, 1.82) is 0 Å². The topological polar surface area (TPSA) is 29.9 Å². The van der Waals surface area contributed by atoms with Gasteiger partial charge in [-0.25, -0.2) is 0 Å². The Bertz CT molecular complexity index is 567. The van der Waals surface area contributed by atoms with Crippen LogP contribution in [0.25, 0.3) is 0 Å². The zero-order valence-corrected chi connectivity index (χ0v) is 12.4. The molecule has 3 nitrogen and oxygen atoms in total. The van der Waals surface area contributed by atoms with Crippen LogP contribution >= 0.6 is 0 Å². The number of hydrogen-bond donors (Lipinski definition) is 1. The average molecular weight is 269 g/mol. The fourth-order valence-electron chi connectivity index (χ4n) is 2.69. The largest absolute Gasteiger partial charge is 0.314 e. The lowest BCUT2D eigenvalue weighted by atomic mass is 10.1. The summed E-state index contributed by atoms with van der Waals surface area (Å²) in [5.41, 5.74) is 5.20. The van der Waals surface area contributed by atoms with E-state index in [-0.39, 0.29) is 0 Å². The number of nitrogens with one attached hydrogen (secondary N) is 1. The summed E-state index contributed by atoms with van der Waals surface area (Å²) in [6.07, 6.45) is 3.79. The summed E-state index contributed by atoms with van der Waals surface area (Å²) in [5.74, 6) is 0. The molecule has 0 amide bonds.